The molecule has 1 aromatic heterocycles. The molecule has 0 radical (unpaired) electrons. The van der Waals surface area contributed by atoms with Gasteiger partial charge in [-0.3, -0.25) is 0 Å². The van der Waals surface area contributed by atoms with E-state index in [0.717, 1.165) is 36.3 Å². The normalized spacial score (nSPS) is 23.9. The fourth-order valence-electron chi connectivity index (χ4n) is 2.72. The average Bonchev–Trinajstić information content (AvgIpc) is 2.86. The lowest BCUT2D eigenvalue weighted by Crippen LogP contribution is -2.29. The third-order valence-electron chi connectivity index (χ3n) is 3.72. The standard InChI is InChI=1S/C14H18N2OS/c1-10-4-5-11-12(8-10)16(13(18)15-11)9-14(2)6-3-7-17-14/h4-5,8H,3,6-7,9H2,1-2H3,(H,15,18). The van der Waals surface area contributed by atoms with Crippen LogP contribution in [0.2, 0.25) is 0 Å². The molecule has 96 valence electrons. The lowest BCUT2D eigenvalue weighted by Gasteiger charge is -2.24. The van der Waals surface area contributed by atoms with Crippen molar-refractivity contribution in [3.05, 3.63) is 28.5 Å². The van der Waals surface area contributed by atoms with Crippen LogP contribution in [0.4, 0.5) is 0 Å². The number of aryl methyl sites for hydroxylation is 1. The van der Waals surface area contributed by atoms with Gasteiger partial charge in [-0.05, 0) is 56.6 Å². The molecule has 2 heterocycles. The first-order valence-corrected chi connectivity index (χ1v) is 6.81. The molecule has 0 bridgehead atoms. The number of imidazole rings is 1. The van der Waals surface area contributed by atoms with Crippen LogP contribution < -0.4 is 0 Å². The second-order valence-corrected chi connectivity index (χ2v) is 5.83. The molecule has 2 aromatic rings. The van der Waals surface area contributed by atoms with E-state index in [2.05, 4.69) is 41.6 Å². The van der Waals surface area contributed by atoms with Gasteiger partial charge in [-0.1, -0.05) is 6.07 Å². The number of fused-ring (bicyclic) bond motifs is 1. The molecule has 1 atom stereocenters. The first kappa shape index (κ1) is 11.9. The minimum absolute atomic E-state index is 0.0723. The van der Waals surface area contributed by atoms with Crippen LogP contribution in [0.1, 0.15) is 25.3 Å². The third kappa shape index (κ3) is 1.99. The van der Waals surface area contributed by atoms with Crippen molar-refractivity contribution < 1.29 is 4.74 Å². The first-order valence-electron chi connectivity index (χ1n) is 6.41. The zero-order valence-electron chi connectivity index (χ0n) is 10.8. The molecule has 0 saturated carbocycles. The Morgan fingerprint density at radius 1 is 1.50 bits per heavy atom. The van der Waals surface area contributed by atoms with Crippen LogP contribution in [0.3, 0.4) is 0 Å². The molecular weight excluding hydrogens is 244 g/mol. The van der Waals surface area contributed by atoms with E-state index in [9.17, 15) is 0 Å². The van der Waals surface area contributed by atoms with Crippen LogP contribution in [0.25, 0.3) is 11.0 Å². The van der Waals surface area contributed by atoms with E-state index < -0.39 is 0 Å². The zero-order chi connectivity index (χ0) is 12.8. The number of nitrogens with zero attached hydrogens (tertiary/aromatic N) is 1. The summed E-state index contributed by atoms with van der Waals surface area (Å²) in [6.45, 7) is 5.98. The van der Waals surface area contributed by atoms with Crippen molar-refractivity contribution in [1.29, 1.82) is 0 Å². The van der Waals surface area contributed by atoms with Crippen LogP contribution in [-0.4, -0.2) is 21.8 Å². The minimum atomic E-state index is -0.0723. The van der Waals surface area contributed by atoms with Crippen molar-refractivity contribution in [2.75, 3.05) is 6.61 Å². The Kier molecular flexibility index (Phi) is 2.79. The predicted molar refractivity (Wildman–Crippen MR) is 75.5 cm³/mol. The van der Waals surface area contributed by atoms with E-state index in [1.807, 2.05) is 0 Å². The highest BCUT2D eigenvalue weighted by molar-refractivity contribution is 7.71. The fourth-order valence-corrected chi connectivity index (χ4v) is 2.99. The lowest BCUT2D eigenvalue weighted by atomic mass is 10.0. The summed E-state index contributed by atoms with van der Waals surface area (Å²) < 4.78 is 8.82. The smallest absolute Gasteiger partial charge is 0.178 e. The Morgan fingerprint density at radius 3 is 3.06 bits per heavy atom. The summed E-state index contributed by atoms with van der Waals surface area (Å²) in [6.07, 6.45) is 2.25. The van der Waals surface area contributed by atoms with Crippen LogP contribution in [0, 0.1) is 11.7 Å². The summed E-state index contributed by atoms with van der Waals surface area (Å²) in [6, 6.07) is 6.38. The van der Waals surface area contributed by atoms with Crippen LogP contribution in [0.15, 0.2) is 18.2 Å². The second-order valence-electron chi connectivity index (χ2n) is 5.44. The number of aromatic nitrogens is 2. The van der Waals surface area contributed by atoms with E-state index in [1.54, 1.807) is 0 Å². The Bertz CT molecular complexity index is 635. The average molecular weight is 262 g/mol. The number of H-pyrrole nitrogens is 1. The molecule has 4 heteroatoms. The van der Waals surface area contributed by atoms with Gasteiger partial charge in [-0.25, -0.2) is 0 Å². The number of nitrogens with one attached hydrogen (secondary N) is 1. The molecule has 1 unspecified atom stereocenters. The molecule has 3 nitrogen and oxygen atoms in total. The van der Waals surface area contributed by atoms with Gasteiger partial charge in [0.05, 0.1) is 23.2 Å². The van der Waals surface area contributed by atoms with Gasteiger partial charge in [0.15, 0.2) is 4.77 Å². The number of aromatic amines is 1. The van der Waals surface area contributed by atoms with Gasteiger partial charge in [-0.2, -0.15) is 0 Å². The van der Waals surface area contributed by atoms with Crippen molar-refractivity contribution in [2.24, 2.45) is 0 Å². The summed E-state index contributed by atoms with van der Waals surface area (Å²) >= 11 is 5.43. The van der Waals surface area contributed by atoms with E-state index in [1.165, 1.54) is 11.1 Å². The van der Waals surface area contributed by atoms with Gasteiger partial charge in [-0.15, -0.1) is 0 Å². The highest BCUT2D eigenvalue weighted by Crippen LogP contribution is 2.28. The van der Waals surface area contributed by atoms with E-state index in [-0.39, 0.29) is 5.60 Å². The van der Waals surface area contributed by atoms with Crippen LogP contribution in [-0.2, 0) is 11.3 Å². The van der Waals surface area contributed by atoms with Crippen molar-refractivity contribution >= 4 is 23.3 Å². The largest absolute Gasteiger partial charge is 0.373 e. The quantitative estimate of drug-likeness (QED) is 0.838. The molecule has 0 amide bonds. The molecule has 1 aromatic carbocycles. The maximum atomic E-state index is 5.87. The molecule has 1 fully saturated rings. The summed E-state index contributed by atoms with van der Waals surface area (Å²) in [5.41, 5.74) is 3.46. The Hall–Kier alpha value is -1.13. The monoisotopic (exact) mass is 262 g/mol. The van der Waals surface area contributed by atoms with Gasteiger partial charge in [0.1, 0.15) is 0 Å². The van der Waals surface area contributed by atoms with Gasteiger partial charge >= 0.3 is 0 Å². The number of rotatable bonds is 2. The number of hydrogen-bond acceptors (Lipinski definition) is 2. The van der Waals surface area contributed by atoms with Crippen molar-refractivity contribution in [3.8, 4) is 0 Å². The molecular formula is C14H18N2OS. The maximum absolute atomic E-state index is 5.87. The van der Waals surface area contributed by atoms with E-state index in [0.29, 0.717) is 0 Å². The van der Waals surface area contributed by atoms with Gasteiger partial charge in [0, 0.05) is 6.61 Å². The SMILES string of the molecule is Cc1ccc2[nH]c(=S)n(CC3(C)CCCO3)c2c1. The Balaban J connectivity index is 2.08. The number of ether oxygens (including phenoxy) is 1. The summed E-state index contributed by atoms with van der Waals surface area (Å²) in [5.74, 6) is 0. The number of benzene rings is 1. The van der Waals surface area contributed by atoms with Crippen molar-refractivity contribution in [2.45, 2.75) is 38.8 Å². The lowest BCUT2D eigenvalue weighted by molar-refractivity contribution is 0.00679. The summed E-state index contributed by atoms with van der Waals surface area (Å²) in [4.78, 5) is 3.27. The number of hydrogen-bond donors (Lipinski definition) is 1. The van der Waals surface area contributed by atoms with Gasteiger partial charge < -0.3 is 14.3 Å². The van der Waals surface area contributed by atoms with Gasteiger partial charge in [0.2, 0.25) is 0 Å². The van der Waals surface area contributed by atoms with Crippen LogP contribution >= 0.6 is 12.2 Å². The third-order valence-corrected chi connectivity index (χ3v) is 4.05. The van der Waals surface area contributed by atoms with Crippen molar-refractivity contribution in [1.82, 2.24) is 9.55 Å². The molecule has 0 spiro atoms. The van der Waals surface area contributed by atoms with E-state index >= 15 is 0 Å². The Morgan fingerprint density at radius 2 is 2.33 bits per heavy atom. The molecule has 1 aliphatic rings. The molecule has 1 aliphatic heterocycles. The molecule has 0 aliphatic carbocycles. The highest BCUT2D eigenvalue weighted by atomic mass is 32.1. The molecule has 1 saturated heterocycles. The van der Waals surface area contributed by atoms with Crippen molar-refractivity contribution in [3.63, 3.8) is 0 Å². The Labute approximate surface area is 112 Å². The maximum Gasteiger partial charge on any atom is 0.178 e. The minimum Gasteiger partial charge on any atom is -0.373 e. The fraction of sp³-hybridized carbons (Fsp3) is 0.500. The predicted octanol–water partition coefficient (Wildman–Crippen LogP) is 3.58. The molecule has 3 rings (SSSR count). The van der Waals surface area contributed by atoms with Crippen LogP contribution in [0.5, 0.6) is 0 Å². The second kappa shape index (κ2) is 4.21. The summed E-state index contributed by atoms with van der Waals surface area (Å²) in [7, 11) is 0. The van der Waals surface area contributed by atoms with E-state index in [4.69, 9.17) is 17.0 Å². The topological polar surface area (TPSA) is 29.9 Å². The zero-order valence-corrected chi connectivity index (χ0v) is 11.6. The highest BCUT2D eigenvalue weighted by Gasteiger charge is 2.30. The molecule has 1 N–H and O–H groups in total. The first-order chi connectivity index (χ1) is 8.57. The van der Waals surface area contributed by atoms with Gasteiger partial charge in [0.25, 0.3) is 0 Å². The molecule has 18 heavy (non-hydrogen) atoms. The summed E-state index contributed by atoms with van der Waals surface area (Å²) in [5, 5.41) is 0.